The van der Waals surface area contributed by atoms with Gasteiger partial charge in [-0.05, 0) is 23.8 Å². The van der Waals surface area contributed by atoms with Crippen LogP contribution in [0.15, 0.2) is 36.4 Å². The molecule has 8 heteroatoms. The smallest absolute Gasteiger partial charge is 0.269 e. The Morgan fingerprint density at radius 2 is 1.91 bits per heavy atom. The lowest BCUT2D eigenvalue weighted by atomic mass is 10.1. The number of hydrogen-bond acceptors (Lipinski definition) is 4. The highest BCUT2D eigenvalue weighted by Gasteiger charge is 2.36. The topological polar surface area (TPSA) is 89.5 Å². The Morgan fingerprint density at radius 3 is 2.57 bits per heavy atom. The molecule has 0 unspecified atom stereocenters. The van der Waals surface area contributed by atoms with Gasteiger partial charge in [0.15, 0.2) is 0 Å². The lowest BCUT2D eigenvalue weighted by Gasteiger charge is -2.18. The number of nitro benzene ring substituents is 1. The summed E-state index contributed by atoms with van der Waals surface area (Å²) in [7, 11) is 0. The van der Waals surface area contributed by atoms with Crippen LogP contribution in [0, 0.1) is 10.1 Å². The standard InChI is InChI=1S/C15H11Cl2N3O3/c16-11-3-1-8(5-12(11)17)7-19-13-4-2-9(20(22)23)6-10(13)14(18)15(19)21/h1-6,14H,7,18H2/t14-/m1/s1. The molecular weight excluding hydrogens is 341 g/mol. The van der Waals surface area contributed by atoms with Crippen molar-refractivity contribution in [3.63, 3.8) is 0 Å². The van der Waals surface area contributed by atoms with Crippen LogP contribution in [-0.2, 0) is 11.3 Å². The van der Waals surface area contributed by atoms with Crippen molar-refractivity contribution in [3.8, 4) is 0 Å². The molecular formula is C15H11Cl2N3O3. The molecule has 2 N–H and O–H groups in total. The number of hydrogen-bond donors (Lipinski definition) is 1. The predicted molar refractivity (Wildman–Crippen MR) is 87.7 cm³/mol. The molecule has 1 heterocycles. The molecule has 0 aromatic heterocycles. The lowest BCUT2D eigenvalue weighted by Crippen LogP contribution is -2.31. The highest BCUT2D eigenvalue weighted by Crippen LogP contribution is 2.38. The third-order valence-corrected chi connectivity index (χ3v) is 4.44. The number of carbonyl (C=O) groups excluding carboxylic acids is 1. The first-order valence-electron chi connectivity index (χ1n) is 6.67. The molecule has 6 nitrogen and oxygen atoms in total. The van der Waals surface area contributed by atoms with Crippen LogP contribution in [0.3, 0.4) is 0 Å². The Balaban J connectivity index is 1.97. The van der Waals surface area contributed by atoms with Gasteiger partial charge in [0.25, 0.3) is 5.69 Å². The molecule has 118 valence electrons. The molecule has 1 atom stereocenters. The molecule has 0 saturated heterocycles. The number of non-ortho nitro benzene ring substituents is 1. The largest absolute Gasteiger partial charge is 0.316 e. The van der Waals surface area contributed by atoms with E-state index in [-0.39, 0.29) is 18.1 Å². The van der Waals surface area contributed by atoms with E-state index in [1.165, 1.54) is 23.1 Å². The van der Waals surface area contributed by atoms with Crippen LogP contribution in [-0.4, -0.2) is 10.8 Å². The maximum Gasteiger partial charge on any atom is 0.269 e. The van der Waals surface area contributed by atoms with Gasteiger partial charge in [0.1, 0.15) is 6.04 Å². The van der Waals surface area contributed by atoms with Gasteiger partial charge < -0.3 is 10.6 Å². The molecule has 1 amide bonds. The molecule has 0 fully saturated rings. The fraction of sp³-hybridized carbons (Fsp3) is 0.133. The van der Waals surface area contributed by atoms with E-state index in [2.05, 4.69) is 0 Å². The highest BCUT2D eigenvalue weighted by molar-refractivity contribution is 6.42. The van der Waals surface area contributed by atoms with Crippen molar-refractivity contribution in [2.24, 2.45) is 5.73 Å². The zero-order chi connectivity index (χ0) is 16.7. The van der Waals surface area contributed by atoms with Crippen LogP contribution in [0.1, 0.15) is 17.2 Å². The average Bonchev–Trinajstić information content (AvgIpc) is 2.75. The quantitative estimate of drug-likeness (QED) is 0.677. The minimum absolute atomic E-state index is 0.0941. The number of fused-ring (bicyclic) bond motifs is 1. The summed E-state index contributed by atoms with van der Waals surface area (Å²) in [4.78, 5) is 24.2. The third-order valence-electron chi connectivity index (χ3n) is 3.70. The van der Waals surface area contributed by atoms with E-state index in [1.54, 1.807) is 18.2 Å². The zero-order valence-electron chi connectivity index (χ0n) is 11.7. The van der Waals surface area contributed by atoms with Crippen molar-refractivity contribution in [2.75, 3.05) is 4.90 Å². The van der Waals surface area contributed by atoms with Gasteiger partial charge in [0.2, 0.25) is 5.91 Å². The van der Waals surface area contributed by atoms with Gasteiger partial charge in [0.05, 0.1) is 21.5 Å². The van der Waals surface area contributed by atoms with Gasteiger partial charge in [-0.15, -0.1) is 0 Å². The van der Waals surface area contributed by atoms with E-state index in [0.717, 1.165) is 5.56 Å². The Morgan fingerprint density at radius 1 is 1.17 bits per heavy atom. The summed E-state index contributed by atoms with van der Waals surface area (Å²) in [5.41, 5.74) is 7.60. The van der Waals surface area contributed by atoms with Gasteiger partial charge in [-0.2, -0.15) is 0 Å². The van der Waals surface area contributed by atoms with E-state index in [0.29, 0.717) is 21.3 Å². The number of benzene rings is 2. The molecule has 0 aliphatic carbocycles. The molecule has 0 bridgehead atoms. The van der Waals surface area contributed by atoms with Gasteiger partial charge in [0, 0.05) is 23.4 Å². The molecule has 2 aromatic carbocycles. The minimum Gasteiger partial charge on any atom is -0.316 e. The van der Waals surface area contributed by atoms with Gasteiger partial charge in [-0.25, -0.2) is 0 Å². The lowest BCUT2D eigenvalue weighted by molar-refractivity contribution is -0.384. The molecule has 0 saturated carbocycles. The zero-order valence-corrected chi connectivity index (χ0v) is 13.2. The van der Waals surface area contributed by atoms with Crippen LogP contribution >= 0.6 is 23.2 Å². The second kappa shape index (κ2) is 5.81. The SMILES string of the molecule is N[C@H]1C(=O)N(Cc2ccc(Cl)c(Cl)c2)c2ccc([N+](=O)[O-])cc21. The number of nitro groups is 1. The number of amides is 1. The van der Waals surface area contributed by atoms with E-state index >= 15 is 0 Å². The number of nitrogens with two attached hydrogens (primary N) is 1. The number of anilines is 1. The van der Waals surface area contributed by atoms with Crippen molar-refractivity contribution < 1.29 is 9.72 Å². The second-order valence-corrected chi connectivity index (χ2v) is 5.97. The van der Waals surface area contributed by atoms with Gasteiger partial charge in [-0.3, -0.25) is 14.9 Å². The first-order valence-corrected chi connectivity index (χ1v) is 7.43. The van der Waals surface area contributed by atoms with E-state index < -0.39 is 11.0 Å². The molecule has 23 heavy (non-hydrogen) atoms. The molecule has 3 rings (SSSR count). The first-order chi connectivity index (χ1) is 10.9. The van der Waals surface area contributed by atoms with Crippen LogP contribution < -0.4 is 10.6 Å². The number of carbonyl (C=O) groups is 1. The summed E-state index contributed by atoms with van der Waals surface area (Å²) in [5, 5.41) is 11.7. The summed E-state index contributed by atoms with van der Waals surface area (Å²) in [5.74, 6) is -0.313. The molecule has 2 aromatic rings. The highest BCUT2D eigenvalue weighted by atomic mass is 35.5. The second-order valence-electron chi connectivity index (χ2n) is 5.15. The fourth-order valence-corrected chi connectivity index (χ4v) is 2.87. The van der Waals surface area contributed by atoms with Gasteiger partial charge in [-0.1, -0.05) is 29.3 Å². The monoisotopic (exact) mass is 351 g/mol. The fourth-order valence-electron chi connectivity index (χ4n) is 2.55. The summed E-state index contributed by atoms with van der Waals surface area (Å²) in [6.07, 6.45) is 0. The number of halogens is 2. The normalized spacial score (nSPS) is 16.6. The predicted octanol–water partition coefficient (Wildman–Crippen LogP) is 3.45. The van der Waals surface area contributed by atoms with Crippen LogP contribution in [0.2, 0.25) is 10.0 Å². The summed E-state index contributed by atoms with van der Waals surface area (Å²) in [6.45, 7) is 0.258. The van der Waals surface area contributed by atoms with Crippen molar-refractivity contribution in [3.05, 3.63) is 67.7 Å². The number of nitrogens with zero attached hydrogens (tertiary/aromatic N) is 2. The molecule has 0 radical (unpaired) electrons. The van der Waals surface area contributed by atoms with Crippen molar-refractivity contribution in [1.82, 2.24) is 0 Å². The molecule has 1 aliphatic rings. The Bertz CT molecular complexity index is 826. The van der Waals surface area contributed by atoms with Crippen LogP contribution in [0.4, 0.5) is 11.4 Å². The number of rotatable bonds is 3. The summed E-state index contributed by atoms with van der Waals surface area (Å²) >= 11 is 11.9. The maximum atomic E-state index is 12.4. The van der Waals surface area contributed by atoms with Crippen LogP contribution in [0.5, 0.6) is 0 Å². The minimum atomic E-state index is -0.910. The van der Waals surface area contributed by atoms with Crippen molar-refractivity contribution in [2.45, 2.75) is 12.6 Å². The third kappa shape index (κ3) is 2.76. The Hall–Kier alpha value is -2.15. The Labute approximate surface area is 141 Å². The molecule has 1 aliphatic heterocycles. The van der Waals surface area contributed by atoms with E-state index in [1.807, 2.05) is 0 Å². The van der Waals surface area contributed by atoms with Gasteiger partial charge >= 0.3 is 0 Å². The average molecular weight is 352 g/mol. The Kier molecular flexibility index (Phi) is 3.97. The molecule has 0 spiro atoms. The van der Waals surface area contributed by atoms with Crippen LogP contribution in [0.25, 0.3) is 0 Å². The van der Waals surface area contributed by atoms with Crippen molar-refractivity contribution >= 4 is 40.5 Å². The summed E-state index contributed by atoms with van der Waals surface area (Å²) < 4.78 is 0. The van der Waals surface area contributed by atoms with E-state index in [4.69, 9.17) is 28.9 Å². The summed E-state index contributed by atoms with van der Waals surface area (Å²) in [6, 6.07) is 8.40. The van der Waals surface area contributed by atoms with Crippen molar-refractivity contribution in [1.29, 1.82) is 0 Å². The first kappa shape index (κ1) is 15.7. The van der Waals surface area contributed by atoms with E-state index in [9.17, 15) is 14.9 Å². The maximum absolute atomic E-state index is 12.4.